The first kappa shape index (κ1) is 24.4. The number of hydrogen-bond donors (Lipinski definition) is 1. The van der Waals surface area contributed by atoms with Crippen LogP contribution in [-0.2, 0) is 6.54 Å². The first-order valence-electron chi connectivity index (χ1n) is 13.5. The highest BCUT2D eigenvalue weighted by Gasteiger charge is 2.26. The van der Waals surface area contributed by atoms with E-state index in [1.807, 2.05) is 23.0 Å². The zero-order valence-corrected chi connectivity index (χ0v) is 21.9. The average Bonchev–Trinajstić information content (AvgIpc) is 3.37. The van der Waals surface area contributed by atoms with Crippen LogP contribution in [0.15, 0.2) is 97.5 Å². The number of fused-ring (bicyclic) bond motifs is 1. The van der Waals surface area contributed by atoms with Crippen LogP contribution in [-0.4, -0.2) is 52.0 Å². The molecule has 0 amide bonds. The van der Waals surface area contributed by atoms with Crippen LogP contribution in [0.25, 0.3) is 5.65 Å². The number of nitrogens with one attached hydrogen (secondary N) is 1. The lowest BCUT2D eigenvalue weighted by atomic mass is 9.88. The molecule has 4 heterocycles. The third kappa shape index (κ3) is 5.34. The molecule has 0 spiro atoms. The minimum atomic E-state index is 0.376. The Morgan fingerprint density at radius 3 is 2.26 bits per heavy atom. The van der Waals surface area contributed by atoms with Crippen molar-refractivity contribution >= 4 is 24.8 Å². The number of likely N-dealkylation sites (tertiary alicyclic amines) is 1. The lowest BCUT2D eigenvalue weighted by Crippen LogP contribution is -2.36. The van der Waals surface area contributed by atoms with Gasteiger partial charge in [0.2, 0.25) is 0 Å². The molecule has 0 radical (unpaired) electrons. The maximum Gasteiger partial charge on any atom is 0.151 e. The van der Waals surface area contributed by atoms with Crippen molar-refractivity contribution in [2.75, 3.05) is 25.0 Å². The molecular formula is C31H33BN6. The van der Waals surface area contributed by atoms with Crippen molar-refractivity contribution in [1.29, 1.82) is 0 Å². The smallest absolute Gasteiger partial charge is 0.151 e. The van der Waals surface area contributed by atoms with E-state index in [0.29, 0.717) is 18.4 Å². The second-order valence-electron chi connectivity index (χ2n) is 10.3. The SMILES string of the molecule is Bc1cnn2c(NCc3cccnc3)cc(C3CCN(CC(c4ccccc4)c4ccccc4)CC3)nc12. The van der Waals surface area contributed by atoms with Gasteiger partial charge in [-0.2, -0.15) is 9.61 Å². The zero-order valence-electron chi connectivity index (χ0n) is 21.9. The van der Waals surface area contributed by atoms with Crippen molar-refractivity contribution < 1.29 is 0 Å². The molecule has 0 bridgehead atoms. The molecule has 7 heteroatoms. The summed E-state index contributed by atoms with van der Waals surface area (Å²) < 4.78 is 1.93. The number of benzene rings is 2. The quantitative estimate of drug-likeness (QED) is 0.327. The van der Waals surface area contributed by atoms with Crippen LogP contribution in [0.4, 0.5) is 5.82 Å². The van der Waals surface area contributed by atoms with E-state index < -0.39 is 0 Å². The predicted octanol–water partition coefficient (Wildman–Crippen LogP) is 4.01. The summed E-state index contributed by atoms with van der Waals surface area (Å²) in [6.45, 7) is 3.88. The van der Waals surface area contributed by atoms with E-state index in [1.54, 1.807) is 6.20 Å². The van der Waals surface area contributed by atoms with Gasteiger partial charge in [0.1, 0.15) is 13.7 Å². The highest BCUT2D eigenvalue weighted by Crippen LogP contribution is 2.32. The monoisotopic (exact) mass is 500 g/mol. The van der Waals surface area contributed by atoms with E-state index in [1.165, 1.54) is 11.1 Å². The molecule has 3 aromatic heterocycles. The lowest BCUT2D eigenvalue weighted by molar-refractivity contribution is 0.205. The summed E-state index contributed by atoms with van der Waals surface area (Å²) >= 11 is 0. The van der Waals surface area contributed by atoms with Crippen LogP contribution >= 0.6 is 0 Å². The number of pyridine rings is 1. The van der Waals surface area contributed by atoms with Gasteiger partial charge in [0.25, 0.3) is 0 Å². The number of nitrogens with zero attached hydrogens (tertiary/aromatic N) is 5. The molecule has 0 saturated carbocycles. The molecule has 5 aromatic rings. The Balaban J connectivity index is 1.18. The molecule has 0 aliphatic carbocycles. The minimum Gasteiger partial charge on any atom is -0.366 e. The van der Waals surface area contributed by atoms with Crippen LogP contribution in [0.2, 0.25) is 0 Å². The van der Waals surface area contributed by atoms with Gasteiger partial charge in [0, 0.05) is 55.3 Å². The Labute approximate surface area is 225 Å². The third-order valence-corrected chi connectivity index (χ3v) is 7.71. The average molecular weight is 500 g/mol. The zero-order chi connectivity index (χ0) is 25.7. The topological polar surface area (TPSA) is 58.4 Å². The number of hydrogen-bond acceptors (Lipinski definition) is 5. The summed E-state index contributed by atoms with van der Waals surface area (Å²) in [5.74, 6) is 1.80. The molecule has 0 unspecified atom stereocenters. The Morgan fingerprint density at radius 1 is 0.895 bits per heavy atom. The molecule has 6 nitrogen and oxygen atoms in total. The van der Waals surface area contributed by atoms with Crippen LogP contribution < -0.4 is 10.8 Å². The molecular weight excluding hydrogens is 467 g/mol. The minimum absolute atomic E-state index is 0.376. The van der Waals surface area contributed by atoms with E-state index in [-0.39, 0.29) is 0 Å². The van der Waals surface area contributed by atoms with Crippen molar-refractivity contribution in [1.82, 2.24) is 24.5 Å². The van der Waals surface area contributed by atoms with Gasteiger partial charge in [-0.1, -0.05) is 66.7 Å². The lowest BCUT2D eigenvalue weighted by Gasteiger charge is -2.34. The van der Waals surface area contributed by atoms with Crippen molar-refractivity contribution in [2.45, 2.75) is 31.2 Å². The molecule has 1 N–H and O–H groups in total. The maximum atomic E-state index is 5.08. The number of aromatic nitrogens is 4. The van der Waals surface area contributed by atoms with E-state index in [2.05, 4.69) is 101 Å². The first-order chi connectivity index (χ1) is 18.7. The second-order valence-corrected chi connectivity index (χ2v) is 10.3. The van der Waals surface area contributed by atoms with Gasteiger partial charge < -0.3 is 10.2 Å². The molecule has 6 rings (SSSR count). The molecule has 1 aliphatic rings. The summed E-state index contributed by atoms with van der Waals surface area (Å²) in [6.07, 6.45) is 7.81. The third-order valence-electron chi connectivity index (χ3n) is 7.71. The normalized spacial score (nSPS) is 14.8. The largest absolute Gasteiger partial charge is 0.366 e. The molecule has 1 saturated heterocycles. The molecule has 38 heavy (non-hydrogen) atoms. The standard InChI is InChI=1S/C31H33BN6/c32-28-21-35-38-30(34-20-23-8-7-15-33-19-23)18-29(36-31(28)38)26-13-16-37(17-14-26)22-27(24-9-3-1-4-10-24)25-11-5-2-6-12-25/h1-12,15,18-19,21,26-27,34H,13-14,16-17,20,22,32H2. The van der Waals surface area contributed by atoms with Crippen molar-refractivity contribution in [2.24, 2.45) is 0 Å². The number of piperidine rings is 1. The van der Waals surface area contributed by atoms with Crippen LogP contribution in [0, 0.1) is 0 Å². The van der Waals surface area contributed by atoms with Gasteiger partial charge in [-0.3, -0.25) is 4.98 Å². The highest BCUT2D eigenvalue weighted by molar-refractivity contribution is 6.36. The van der Waals surface area contributed by atoms with E-state index in [4.69, 9.17) is 4.98 Å². The summed E-state index contributed by atoms with van der Waals surface area (Å²) in [5, 5.41) is 8.16. The van der Waals surface area contributed by atoms with Gasteiger partial charge in [-0.05, 0) is 54.2 Å². The van der Waals surface area contributed by atoms with E-state index >= 15 is 0 Å². The molecule has 2 aromatic carbocycles. The molecule has 1 aliphatic heterocycles. The van der Waals surface area contributed by atoms with Crippen LogP contribution in [0.3, 0.4) is 0 Å². The van der Waals surface area contributed by atoms with Gasteiger partial charge in [-0.25, -0.2) is 4.98 Å². The number of anilines is 1. The van der Waals surface area contributed by atoms with Crippen molar-refractivity contribution in [3.05, 3.63) is 120 Å². The van der Waals surface area contributed by atoms with Crippen molar-refractivity contribution in [3.8, 4) is 0 Å². The molecule has 0 atom stereocenters. The van der Waals surface area contributed by atoms with Gasteiger partial charge in [0.15, 0.2) is 5.65 Å². The fourth-order valence-corrected chi connectivity index (χ4v) is 5.57. The Morgan fingerprint density at radius 2 is 1.61 bits per heavy atom. The fraction of sp³-hybridized carbons (Fsp3) is 0.258. The Hall–Kier alpha value is -3.97. The summed E-state index contributed by atoms with van der Waals surface area (Å²) in [7, 11) is 2.08. The highest BCUT2D eigenvalue weighted by atomic mass is 15.3. The van der Waals surface area contributed by atoms with Crippen LogP contribution in [0.5, 0.6) is 0 Å². The Bertz CT molecular complexity index is 1420. The second kappa shape index (κ2) is 11.2. The summed E-state index contributed by atoms with van der Waals surface area (Å²) in [6, 6.07) is 28.1. The molecule has 1 fully saturated rings. The predicted molar refractivity (Wildman–Crippen MR) is 156 cm³/mol. The first-order valence-corrected chi connectivity index (χ1v) is 13.5. The van der Waals surface area contributed by atoms with Gasteiger partial charge in [0.05, 0.1) is 0 Å². The molecule has 190 valence electrons. The van der Waals surface area contributed by atoms with Crippen molar-refractivity contribution in [3.63, 3.8) is 0 Å². The van der Waals surface area contributed by atoms with Gasteiger partial charge in [-0.15, -0.1) is 0 Å². The maximum absolute atomic E-state index is 5.08. The fourth-order valence-electron chi connectivity index (χ4n) is 5.57. The van der Waals surface area contributed by atoms with E-state index in [9.17, 15) is 0 Å². The van der Waals surface area contributed by atoms with Gasteiger partial charge >= 0.3 is 0 Å². The summed E-state index contributed by atoms with van der Waals surface area (Å²) in [4.78, 5) is 12.0. The van der Waals surface area contributed by atoms with Crippen LogP contribution in [0.1, 0.15) is 47.1 Å². The summed E-state index contributed by atoms with van der Waals surface area (Å²) in [5.41, 5.74) is 7.11. The number of rotatable bonds is 8. The van der Waals surface area contributed by atoms with E-state index in [0.717, 1.165) is 60.7 Å². The Kier molecular flexibility index (Phi) is 7.18.